The summed E-state index contributed by atoms with van der Waals surface area (Å²) in [5.74, 6) is -0.964. The number of nitrogens with two attached hydrogens (primary N) is 1. The molecule has 0 heterocycles. The molecule has 0 unspecified atom stereocenters. The lowest BCUT2D eigenvalue weighted by Crippen LogP contribution is -2.28. The third kappa shape index (κ3) is 1.21. The highest BCUT2D eigenvalue weighted by molar-refractivity contribution is 5.84. The molecule has 0 fully saturated rings. The Morgan fingerprint density at radius 1 is 1.46 bits per heavy atom. The zero-order valence-corrected chi connectivity index (χ0v) is 7.10. The number of amides is 1. The van der Waals surface area contributed by atoms with Crippen molar-refractivity contribution in [1.29, 1.82) is 0 Å². The van der Waals surface area contributed by atoms with E-state index in [9.17, 15) is 9.90 Å². The van der Waals surface area contributed by atoms with E-state index in [-0.39, 0.29) is 0 Å². The number of hydrogen-bond donors (Lipinski definition) is 2. The van der Waals surface area contributed by atoms with E-state index in [0.717, 1.165) is 11.1 Å². The SMILES string of the molecule is NC(=O)[C@@H]1c2ccccc2C[C@H]1O. The highest BCUT2D eigenvalue weighted by Crippen LogP contribution is 2.32. The Morgan fingerprint density at radius 3 is 2.85 bits per heavy atom. The van der Waals surface area contributed by atoms with Crippen molar-refractivity contribution in [2.75, 3.05) is 0 Å². The van der Waals surface area contributed by atoms with Crippen LogP contribution in [0.15, 0.2) is 24.3 Å². The molecule has 0 spiro atoms. The van der Waals surface area contributed by atoms with Gasteiger partial charge >= 0.3 is 0 Å². The van der Waals surface area contributed by atoms with E-state index >= 15 is 0 Å². The molecule has 2 atom stereocenters. The molecule has 2 rings (SSSR count). The van der Waals surface area contributed by atoms with Crippen LogP contribution in [0.25, 0.3) is 0 Å². The molecule has 1 aliphatic rings. The number of rotatable bonds is 1. The van der Waals surface area contributed by atoms with Gasteiger partial charge in [-0.05, 0) is 17.5 Å². The molecule has 1 aliphatic carbocycles. The molecule has 3 N–H and O–H groups in total. The molecule has 3 heteroatoms. The standard InChI is InChI=1S/C10H11NO2/c11-10(13)9-7-4-2-1-3-6(7)5-8(9)12/h1-4,8-9,12H,5H2,(H2,11,13)/t8-,9-/m1/s1. The molecular formula is C10H11NO2. The normalized spacial score (nSPS) is 25.6. The summed E-state index contributed by atoms with van der Waals surface area (Å²) in [6, 6.07) is 7.52. The van der Waals surface area contributed by atoms with E-state index < -0.39 is 17.9 Å². The Kier molecular flexibility index (Phi) is 1.81. The third-order valence-corrected chi connectivity index (χ3v) is 2.51. The van der Waals surface area contributed by atoms with E-state index in [1.165, 1.54) is 0 Å². The number of benzene rings is 1. The maximum atomic E-state index is 11.0. The van der Waals surface area contributed by atoms with Crippen molar-refractivity contribution >= 4 is 5.91 Å². The highest BCUT2D eigenvalue weighted by atomic mass is 16.3. The number of hydrogen-bond acceptors (Lipinski definition) is 2. The highest BCUT2D eigenvalue weighted by Gasteiger charge is 2.34. The van der Waals surface area contributed by atoms with Gasteiger partial charge in [0, 0.05) is 0 Å². The van der Waals surface area contributed by atoms with Crippen LogP contribution in [0.5, 0.6) is 0 Å². The number of carbonyl (C=O) groups is 1. The van der Waals surface area contributed by atoms with Gasteiger partial charge in [-0.15, -0.1) is 0 Å². The van der Waals surface area contributed by atoms with E-state index in [0.29, 0.717) is 6.42 Å². The van der Waals surface area contributed by atoms with Crippen LogP contribution in [0.4, 0.5) is 0 Å². The number of carbonyl (C=O) groups excluding carboxylic acids is 1. The van der Waals surface area contributed by atoms with Gasteiger partial charge in [-0.3, -0.25) is 4.79 Å². The maximum Gasteiger partial charge on any atom is 0.227 e. The Labute approximate surface area is 76.2 Å². The summed E-state index contributed by atoms with van der Waals surface area (Å²) in [5.41, 5.74) is 7.11. The first-order valence-corrected chi connectivity index (χ1v) is 4.25. The molecule has 0 aliphatic heterocycles. The number of primary amides is 1. The van der Waals surface area contributed by atoms with Crippen LogP contribution in [0.1, 0.15) is 17.0 Å². The zero-order chi connectivity index (χ0) is 9.42. The quantitative estimate of drug-likeness (QED) is 0.642. The van der Waals surface area contributed by atoms with Crippen molar-refractivity contribution in [3.63, 3.8) is 0 Å². The van der Waals surface area contributed by atoms with Crippen LogP contribution < -0.4 is 5.73 Å². The van der Waals surface area contributed by atoms with Crippen LogP contribution in [0.2, 0.25) is 0 Å². The van der Waals surface area contributed by atoms with Gasteiger partial charge in [0.1, 0.15) is 0 Å². The Balaban J connectivity index is 2.46. The van der Waals surface area contributed by atoms with Crippen molar-refractivity contribution < 1.29 is 9.90 Å². The molecule has 3 nitrogen and oxygen atoms in total. The molecule has 1 aromatic rings. The summed E-state index contributed by atoms with van der Waals surface area (Å²) in [5, 5.41) is 9.58. The number of aliphatic hydroxyl groups excluding tert-OH is 1. The summed E-state index contributed by atoms with van der Waals surface area (Å²) >= 11 is 0. The van der Waals surface area contributed by atoms with Crippen LogP contribution in [-0.2, 0) is 11.2 Å². The van der Waals surface area contributed by atoms with Gasteiger partial charge in [-0.25, -0.2) is 0 Å². The monoisotopic (exact) mass is 177 g/mol. The molecule has 0 radical (unpaired) electrons. The molecular weight excluding hydrogens is 166 g/mol. The van der Waals surface area contributed by atoms with Gasteiger partial charge in [0.25, 0.3) is 0 Å². The third-order valence-electron chi connectivity index (χ3n) is 2.51. The van der Waals surface area contributed by atoms with Gasteiger partial charge in [0.2, 0.25) is 5.91 Å². The Bertz CT molecular complexity index is 349. The second-order valence-electron chi connectivity index (χ2n) is 3.35. The molecule has 0 bridgehead atoms. The second-order valence-corrected chi connectivity index (χ2v) is 3.35. The summed E-state index contributed by atoms with van der Waals surface area (Å²) in [6.07, 6.45) is -0.112. The predicted molar refractivity (Wildman–Crippen MR) is 48.1 cm³/mol. The fourth-order valence-corrected chi connectivity index (χ4v) is 1.92. The first-order chi connectivity index (χ1) is 6.20. The van der Waals surface area contributed by atoms with Gasteiger partial charge in [0.05, 0.1) is 12.0 Å². The van der Waals surface area contributed by atoms with E-state index in [2.05, 4.69) is 0 Å². The molecule has 0 saturated carbocycles. The average Bonchev–Trinajstić information content (AvgIpc) is 2.39. The van der Waals surface area contributed by atoms with Crippen LogP contribution >= 0.6 is 0 Å². The van der Waals surface area contributed by atoms with Crippen molar-refractivity contribution in [3.05, 3.63) is 35.4 Å². The predicted octanol–water partition coefficient (Wildman–Crippen LogP) is 0.173. The smallest absolute Gasteiger partial charge is 0.227 e. The van der Waals surface area contributed by atoms with E-state index in [1.807, 2.05) is 24.3 Å². The first kappa shape index (κ1) is 8.26. The topological polar surface area (TPSA) is 63.3 Å². The van der Waals surface area contributed by atoms with Gasteiger partial charge < -0.3 is 10.8 Å². The summed E-state index contributed by atoms with van der Waals surface area (Å²) in [6.45, 7) is 0. The summed E-state index contributed by atoms with van der Waals surface area (Å²) in [7, 11) is 0. The van der Waals surface area contributed by atoms with Crippen molar-refractivity contribution in [2.45, 2.75) is 18.4 Å². The first-order valence-electron chi connectivity index (χ1n) is 4.25. The Morgan fingerprint density at radius 2 is 2.15 bits per heavy atom. The number of fused-ring (bicyclic) bond motifs is 1. The van der Waals surface area contributed by atoms with Crippen molar-refractivity contribution in [3.8, 4) is 0 Å². The van der Waals surface area contributed by atoms with Crippen LogP contribution in [0, 0.1) is 0 Å². The fraction of sp³-hybridized carbons (Fsp3) is 0.300. The maximum absolute atomic E-state index is 11.0. The van der Waals surface area contributed by atoms with Gasteiger partial charge in [-0.2, -0.15) is 0 Å². The van der Waals surface area contributed by atoms with Crippen LogP contribution in [-0.4, -0.2) is 17.1 Å². The molecule has 13 heavy (non-hydrogen) atoms. The molecule has 0 saturated heterocycles. The van der Waals surface area contributed by atoms with Gasteiger partial charge in [0.15, 0.2) is 0 Å². The lowest BCUT2D eigenvalue weighted by molar-refractivity contribution is -0.121. The van der Waals surface area contributed by atoms with E-state index in [1.54, 1.807) is 0 Å². The van der Waals surface area contributed by atoms with Crippen LogP contribution in [0.3, 0.4) is 0 Å². The lowest BCUT2D eigenvalue weighted by atomic mass is 9.99. The summed E-state index contributed by atoms with van der Waals surface area (Å²) < 4.78 is 0. The summed E-state index contributed by atoms with van der Waals surface area (Å²) in [4.78, 5) is 11.0. The lowest BCUT2D eigenvalue weighted by Gasteiger charge is -2.10. The average molecular weight is 177 g/mol. The fourth-order valence-electron chi connectivity index (χ4n) is 1.92. The Hall–Kier alpha value is -1.35. The minimum Gasteiger partial charge on any atom is -0.392 e. The minimum atomic E-state index is -0.644. The second kappa shape index (κ2) is 2.85. The zero-order valence-electron chi connectivity index (χ0n) is 7.10. The van der Waals surface area contributed by atoms with E-state index in [4.69, 9.17) is 5.73 Å². The molecule has 68 valence electrons. The van der Waals surface area contributed by atoms with Crippen molar-refractivity contribution in [1.82, 2.24) is 0 Å². The number of aliphatic hydroxyl groups is 1. The molecule has 1 amide bonds. The molecule has 0 aromatic heterocycles. The van der Waals surface area contributed by atoms with Crippen molar-refractivity contribution in [2.24, 2.45) is 5.73 Å². The molecule has 1 aromatic carbocycles. The largest absolute Gasteiger partial charge is 0.392 e. The minimum absolute atomic E-state index is 0.447. The van der Waals surface area contributed by atoms with Gasteiger partial charge in [-0.1, -0.05) is 24.3 Å².